The van der Waals surface area contributed by atoms with Gasteiger partial charge in [0.2, 0.25) is 0 Å². The molecule has 4 aliphatic carbocycles. The van der Waals surface area contributed by atoms with Crippen LogP contribution in [-0.2, 0) is 0 Å². The van der Waals surface area contributed by atoms with Crippen LogP contribution in [0.4, 0.5) is 46.7 Å². The third-order valence-electron chi connectivity index (χ3n) is 14.1. The van der Waals surface area contributed by atoms with Crippen molar-refractivity contribution in [2.45, 2.75) is 95.9 Å². The minimum atomic E-state index is -0.687. The molecule has 10 amide bonds. The Labute approximate surface area is 402 Å². The number of benzene rings is 4. The maximum atomic E-state index is 14.2. The molecule has 362 valence electrons. The molecule has 68 heavy (non-hydrogen) atoms. The fourth-order valence-electron chi connectivity index (χ4n) is 11.1. The van der Waals surface area contributed by atoms with Gasteiger partial charge in [0.1, 0.15) is 0 Å². The van der Waals surface area contributed by atoms with Gasteiger partial charge in [-0.1, -0.05) is 85.6 Å². The van der Waals surface area contributed by atoms with Crippen LogP contribution in [-0.4, -0.2) is 90.7 Å². The molecule has 0 unspecified atom stereocenters. The molecule has 0 heterocycles. The first-order chi connectivity index (χ1) is 33.1. The summed E-state index contributed by atoms with van der Waals surface area (Å²) in [4.78, 5) is 72.3. The molecule has 4 saturated carbocycles. The van der Waals surface area contributed by atoms with Gasteiger partial charge >= 0.3 is 30.2 Å². The minimum absolute atomic E-state index is 0.0513. The van der Waals surface area contributed by atoms with Crippen LogP contribution >= 0.6 is 0 Å². The van der Waals surface area contributed by atoms with E-state index >= 15 is 0 Å². The van der Waals surface area contributed by atoms with Crippen molar-refractivity contribution in [3.05, 3.63) is 121 Å². The van der Waals surface area contributed by atoms with Gasteiger partial charge in [0.25, 0.3) is 0 Å². The van der Waals surface area contributed by atoms with Gasteiger partial charge in [-0.15, -0.1) is 0 Å². The van der Waals surface area contributed by atoms with Gasteiger partial charge < -0.3 is 41.3 Å². The summed E-state index contributed by atoms with van der Waals surface area (Å²) in [5.74, 6) is 2.59. The first-order valence-electron chi connectivity index (χ1n) is 24.8. The second-order valence-electron chi connectivity index (χ2n) is 19.4. The Balaban J connectivity index is 0.967. The van der Waals surface area contributed by atoms with E-state index in [1.54, 1.807) is 41.1 Å². The fraction of sp³-hybridized carbons (Fsp3) is 0.463. The van der Waals surface area contributed by atoms with Crippen LogP contribution in [0.1, 0.15) is 89.9 Å². The number of para-hydroxylation sites is 4. The summed E-state index contributed by atoms with van der Waals surface area (Å²) < 4.78 is 0. The third-order valence-corrected chi connectivity index (χ3v) is 14.1. The van der Waals surface area contributed by atoms with E-state index in [9.17, 15) is 24.0 Å². The Morgan fingerprint density at radius 2 is 0.971 bits per heavy atom. The van der Waals surface area contributed by atoms with Gasteiger partial charge in [-0.2, -0.15) is 0 Å². The van der Waals surface area contributed by atoms with E-state index in [4.69, 9.17) is 0 Å². The lowest BCUT2D eigenvalue weighted by Gasteiger charge is -2.57. The summed E-state index contributed by atoms with van der Waals surface area (Å²) >= 11 is 0. The van der Waals surface area contributed by atoms with Crippen molar-refractivity contribution in [3.8, 4) is 0 Å². The molecule has 4 aliphatic rings. The highest BCUT2D eigenvalue weighted by Crippen LogP contribution is 2.61. The van der Waals surface area contributed by atoms with Gasteiger partial charge in [0.15, 0.2) is 0 Å². The van der Waals surface area contributed by atoms with Gasteiger partial charge in [-0.3, -0.25) is 5.32 Å². The average molecular weight is 926 g/mol. The van der Waals surface area contributed by atoms with E-state index in [1.807, 2.05) is 102 Å². The average Bonchev–Trinajstić information content (AvgIpc) is 3.33. The third kappa shape index (κ3) is 15.2. The lowest BCUT2D eigenvalue weighted by molar-refractivity contribution is -0.0595. The molecule has 6 N–H and O–H groups in total. The lowest BCUT2D eigenvalue weighted by atomic mass is 9.49. The Morgan fingerprint density at radius 1 is 0.515 bits per heavy atom. The number of nitrogens with one attached hydrogen (secondary N) is 6. The number of hydrogen-bond acceptors (Lipinski definition) is 5. The molecule has 0 radical (unpaired) electrons. The summed E-state index contributed by atoms with van der Waals surface area (Å²) in [6.45, 7) is 2.40. The molecule has 4 aromatic carbocycles. The first-order valence-corrected chi connectivity index (χ1v) is 24.8. The van der Waals surface area contributed by atoms with Crippen molar-refractivity contribution in [3.63, 3.8) is 0 Å². The van der Waals surface area contributed by atoms with Crippen LogP contribution in [0.2, 0.25) is 0 Å². The Morgan fingerprint density at radius 3 is 1.50 bits per heavy atom. The van der Waals surface area contributed by atoms with Crippen molar-refractivity contribution in [2.24, 2.45) is 23.2 Å². The summed E-state index contributed by atoms with van der Waals surface area (Å²) in [5.41, 5.74) is 3.08. The molecule has 0 aliphatic heterocycles. The fourth-order valence-corrected chi connectivity index (χ4v) is 11.1. The summed E-state index contributed by atoms with van der Waals surface area (Å²) in [5, 5.41) is 17.0. The topological polar surface area (TPSA) is 167 Å². The molecular formula is C54H71N9O5. The molecule has 14 nitrogen and oxygen atoms in total. The van der Waals surface area contributed by atoms with E-state index in [0.717, 1.165) is 55.7 Å². The zero-order valence-electron chi connectivity index (χ0n) is 39.7. The molecule has 14 heteroatoms. The van der Waals surface area contributed by atoms with Crippen LogP contribution in [0.3, 0.4) is 0 Å². The monoisotopic (exact) mass is 926 g/mol. The number of urea groups is 5. The molecule has 0 saturated heterocycles. The zero-order valence-corrected chi connectivity index (χ0v) is 39.7. The van der Waals surface area contributed by atoms with E-state index in [1.165, 1.54) is 38.5 Å². The Bertz CT molecular complexity index is 2180. The van der Waals surface area contributed by atoms with Crippen LogP contribution in [0.15, 0.2) is 121 Å². The minimum Gasteiger partial charge on any atom is -0.336 e. The Kier molecular flexibility index (Phi) is 18.1. The molecule has 8 rings (SSSR count). The largest absolute Gasteiger partial charge is 0.336 e. The maximum absolute atomic E-state index is 14.2. The number of carbonyl (C=O) groups excluding carboxylic acids is 5. The second kappa shape index (κ2) is 25.0. The number of hydrogen-bond donors (Lipinski definition) is 6. The van der Waals surface area contributed by atoms with E-state index < -0.39 is 18.1 Å². The number of carbonyl (C=O) groups is 5. The van der Waals surface area contributed by atoms with Gasteiger partial charge in [-0.25, -0.2) is 24.0 Å². The number of imide groups is 1. The number of unbranched alkanes of at least 4 members (excludes halogenated alkanes) is 4. The highest BCUT2D eigenvalue weighted by molar-refractivity contribution is 6.00. The molecule has 1 atom stereocenters. The first kappa shape index (κ1) is 49.3. The number of anilines is 4. The van der Waals surface area contributed by atoms with E-state index in [2.05, 4.69) is 31.9 Å². The summed E-state index contributed by atoms with van der Waals surface area (Å²) in [6.07, 6.45) is 14.3. The van der Waals surface area contributed by atoms with Crippen molar-refractivity contribution in [1.29, 1.82) is 0 Å². The highest BCUT2D eigenvalue weighted by Gasteiger charge is 2.50. The van der Waals surface area contributed by atoms with Crippen LogP contribution in [0.25, 0.3) is 0 Å². The molecule has 4 aromatic rings. The second-order valence-corrected chi connectivity index (χ2v) is 19.4. The predicted molar refractivity (Wildman–Crippen MR) is 271 cm³/mol. The van der Waals surface area contributed by atoms with Crippen LogP contribution < -0.4 is 31.9 Å². The highest BCUT2D eigenvalue weighted by atomic mass is 16.2. The van der Waals surface area contributed by atoms with Gasteiger partial charge in [0.05, 0.1) is 6.04 Å². The van der Waals surface area contributed by atoms with E-state index in [-0.39, 0.29) is 24.6 Å². The maximum Gasteiger partial charge on any atom is 0.327 e. The van der Waals surface area contributed by atoms with Crippen molar-refractivity contribution in [2.75, 3.05) is 61.0 Å². The lowest BCUT2D eigenvalue weighted by Crippen LogP contribution is -2.51. The quantitative estimate of drug-likeness (QED) is 0.0431. The smallest absolute Gasteiger partial charge is 0.327 e. The standard InChI is InChI=1S/C54H71N9O5/c1-61(51(66)57-45-22-10-5-11-23-45)30-19-16-28-48(40-55-49(64)60-50(65)56-44-20-8-4-9-21-44)63(53(68)59-47-26-14-7-15-27-47)32-18-3-2-17-31-62(52(67)58-46-24-12-6-13-25-46)33-29-54-37-41-34-42(38-54)36-43(35-41)39-54/h4-15,20-27,41-43,48H,2-3,16-19,28-40H2,1H3,(H,57,66)(H,58,67)(H,59,68)(H3,55,56,60,64,65)/t41?,42?,43?,48-,54?/m1/s1. The predicted octanol–water partition coefficient (Wildman–Crippen LogP) is 11.5. The number of amides is 10. The van der Waals surface area contributed by atoms with Crippen molar-refractivity contribution < 1.29 is 24.0 Å². The summed E-state index contributed by atoms with van der Waals surface area (Å²) in [6, 6.07) is 34.7. The van der Waals surface area contributed by atoms with Crippen LogP contribution in [0.5, 0.6) is 0 Å². The van der Waals surface area contributed by atoms with Gasteiger partial charge in [0, 0.05) is 62.5 Å². The van der Waals surface area contributed by atoms with Gasteiger partial charge in [-0.05, 0) is 149 Å². The normalized spacial score (nSPS) is 19.2. The number of nitrogens with zero attached hydrogens (tertiary/aromatic N) is 3. The Hall–Kier alpha value is -6.57. The number of rotatable bonds is 22. The molecule has 4 bridgehead atoms. The van der Waals surface area contributed by atoms with Crippen molar-refractivity contribution in [1.82, 2.24) is 25.3 Å². The molecule has 0 aromatic heterocycles. The molecule has 4 fully saturated rings. The van der Waals surface area contributed by atoms with E-state index in [0.29, 0.717) is 67.8 Å². The zero-order chi connectivity index (χ0) is 47.6. The molecule has 0 spiro atoms. The summed E-state index contributed by atoms with van der Waals surface area (Å²) in [7, 11) is 1.75. The van der Waals surface area contributed by atoms with Crippen molar-refractivity contribution >= 4 is 52.9 Å². The SMILES string of the molecule is CN(CCCC[C@H](CNC(=O)NC(=O)Nc1ccccc1)N(CCCCCCN(CCC12CC3CC(CC(C3)C1)C2)C(=O)Nc1ccccc1)C(=O)Nc1ccccc1)C(=O)Nc1ccccc1. The molecular weight excluding hydrogens is 855 g/mol. The van der Waals surface area contributed by atoms with Crippen LogP contribution in [0, 0.1) is 23.2 Å².